The SMILES string of the molecule is Cc1cc(Cl)cc(N2CCN(Cc3ccc4c(c3)CN(C3CCC(=O)NC3=O)C4=O)CC2)n1. The van der Waals surface area contributed by atoms with Gasteiger partial charge in [-0.2, -0.15) is 0 Å². The van der Waals surface area contributed by atoms with Gasteiger partial charge in [-0.05, 0) is 42.7 Å². The molecule has 2 aromatic rings. The Labute approximate surface area is 197 Å². The molecule has 0 spiro atoms. The van der Waals surface area contributed by atoms with Crippen LogP contribution in [0.25, 0.3) is 0 Å². The number of fused-ring (bicyclic) bond motifs is 1. The molecule has 5 rings (SSSR count). The van der Waals surface area contributed by atoms with Gasteiger partial charge < -0.3 is 9.80 Å². The molecule has 1 aromatic carbocycles. The summed E-state index contributed by atoms with van der Waals surface area (Å²) < 4.78 is 0. The molecule has 2 saturated heterocycles. The molecule has 0 radical (unpaired) electrons. The van der Waals surface area contributed by atoms with E-state index in [1.165, 1.54) is 0 Å². The molecule has 2 fully saturated rings. The Morgan fingerprint density at radius 3 is 2.61 bits per heavy atom. The van der Waals surface area contributed by atoms with E-state index in [1.54, 1.807) is 4.90 Å². The summed E-state index contributed by atoms with van der Waals surface area (Å²) in [6, 6.07) is 9.14. The summed E-state index contributed by atoms with van der Waals surface area (Å²) in [6.45, 7) is 6.72. The van der Waals surface area contributed by atoms with E-state index >= 15 is 0 Å². The van der Waals surface area contributed by atoms with Crippen LogP contribution in [0.3, 0.4) is 0 Å². The molecule has 172 valence electrons. The maximum Gasteiger partial charge on any atom is 0.255 e. The standard InChI is InChI=1S/C24H26ClN5O3/c1-15-10-18(25)12-21(26-15)29-8-6-28(7-9-29)13-16-2-3-19-17(11-16)14-30(24(19)33)20-4-5-22(31)27-23(20)32/h2-3,10-12,20H,4-9,13-14H2,1H3,(H,27,31,32). The van der Waals surface area contributed by atoms with Crippen molar-refractivity contribution in [1.82, 2.24) is 20.1 Å². The summed E-state index contributed by atoms with van der Waals surface area (Å²) >= 11 is 6.19. The van der Waals surface area contributed by atoms with Crippen molar-refractivity contribution in [2.45, 2.75) is 38.9 Å². The van der Waals surface area contributed by atoms with Crippen molar-refractivity contribution >= 4 is 35.1 Å². The summed E-state index contributed by atoms with van der Waals surface area (Å²) in [7, 11) is 0. The highest BCUT2D eigenvalue weighted by Crippen LogP contribution is 2.29. The summed E-state index contributed by atoms with van der Waals surface area (Å²) in [4.78, 5) is 47.4. The summed E-state index contributed by atoms with van der Waals surface area (Å²) in [5, 5.41) is 3.05. The Morgan fingerprint density at radius 2 is 1.88 bits per heavy atom. The number of imide groups is 1. The van der Waals surface area contributed by atoms with Gasteiger partial charge in [0.2, 0.25) is 11.8 Å². The summed E-state index contributed by atoms with van der Waals surface area (Å²) in [5.74, 6) is 0.132. The van der Waals surface area contributed by atoms with Crippen LogP contribution >= 0.6 is 11.6 Å². The molecule has 33 heavy (non-hydrogen) atoms. The van der Waals surface area contributed by atoms with Crippen molar-refractivity contribution in [3.05, 3.63) is 57.7 Å². The van der Waals surface area contributed by atoms with E-state index in [0.29, 0.717) is 23.6 Å². The van der Waals surface area contributed by atoms with Crippen LogP contribution in [-0.4, -0.2) is 64.7 Å². The topological polar surface area (TPSA) is 85.9 Å². The minimum absolute atomic E-state index is 0.135. The Morgan fingerprint density at radius 1 is 1.09 bits per heavy atom. The molecule has 1 atom stereocenters. The lowest BCUT2D eigenvalue weighted by atomic mass is 10.0. The third-order valence-electron chi connectivity index (χ3n) is 6.60. The normalized spacial score (nSPS) is 21.4. The number of hydrogen-bond donors (Lipinski definition) is 1. The van der Waals surface area contributed by atoms with Crippen LogP contribution in [0.4, 0.5) is 5.82 Å². The highest BCUT2D eigenvalue weighted by Gasteiger charge is 2.39. The number of nitrogens with one attached hydrogen (secondary N) is 1. The largest absolute Gasteiger partial charge is 0.354 e. The van der Waals surface area contributed by atoms with E-state index in [-0.39, 0.29) is 24.1 Å². The maximum absolute atomic E-state index is 12.9. The lowest BCUT2D eigenvalue weighted by Crippen LogP contribution is -2.52. The van der Waals surface area contributed by atoms with Gasteiger partial charge >= 0.3 is 0 Å². The monoisotopic (exact) mass is 467 g/mol. The highest BCUT2D eigenvalue weighted by molar-refractivity contribution is 6.30. The number of carbonyl (C=O) groups excluding carboxylic acids is 3. The molecule has 9 heteroatoms. The molecular weight excluding hydrogens is 442 g/mol. The van der Waals surface area contributed by atoms with Crippen molar-refractivity contribution < 1.29 is 14.4 Å². The van der Waals surface area contributed by atoms with Crippen LogP contribution < -0.4 is 10.2 Å². The summed E-state index contributed by atoms with van der Waals surface area (Å²) in [5.41, 5.74) is 3.66. The van der Waals surface area contributed by atoms with E-state index in [9.17, 15) is 14.4 Å². The lowest BCUT2D eigenvalue weighted by Gasteiger charge is -2.35. The van der Waals surface area contributed by atoms with Gasteiger partial charge in [-0.25, -0.2) is 4.98 Å². The number of piperazine rings is 1. The zero-order valence-corrected chi connectivity index (χ0v) is 19.3. The molecular formula is C24H26ClN5O3. The van der Waals surface area contributed by atoms with E-state index in [1.807, 2.05) is 31.2 Å². The second-order valence-corrected chi connectivity index (χ2v) is 9.38. The van der Waals surface area contributed by atoms with Crippen molar-refractivity contribution in [2.75, 3.05) is 31.1 Å². The number of aromatic nitrogens is 1. The van der Waals surface area contributed by atoms with Gasteiger partial charge in [0.25, 0.3) is 5.91 Å². The molecule has 3 aliphatic rings. The number of rotatable bonds is 4. The first-order valence-corrected chi connectivity index (χ1v) is 11.6. The van der Waals surface area contributed by atoms with Crippen LogP contribution in [0, 0.1) is 6.92 Å². The van der Waals surface area contributed by atoms with Gasteiger partial charge in [0.05, 0.1) is 0 Å². The Balaban J connectivity index is 1.21. The number of benzene rings is 1. The number of anilines is 1. The molecule has 0 saturated carbocycles. The Hall–Kier alpha value is -2.97. The molecule has 4 heterocycles. The maximum atomic E-state index is 12.9. The fourth-order valence-electron chi connectivity index (χ4n) is 4.89. The number of piperidine rings is 1. The predicted octanol–water partition coefficient (Wildman–Crippen LogP) is 2.13. The highest BCUT2D eigenvalue weighted by atomic mass is 35.5. The third kappa shape index (κ3) is 4.45. The molecule has 0 bridgehead atoms. The zero-order chi connectivity index (χ0) is 23.1. The van der Waals surface area contributed by atoms with Crippen molar-refractivity contribution in [2.24, 2.45) is 0 Å². The molecule has 3 amide bonds. The number of carbonyl (C=O) groups is 3. The van der Waals surface area contributed by atoms with Crippen LogP contribution in [0.1, 0.15) is 40.0 Å². The second kappa shape index (κ2) is 8.76. The molecule has 8 nitrogen and oxygen atoms in total. The average molecular weight is 468 g/mol. The fraction of sp³-hybridized carbons (Fsp3) is 0.417. The summed E-state index contributed by atoms with van der Waals surface area (Å²) in [6.07, 6.45) is 0.639. The number of aryl methyl sites for hydroxylation is 1. The van der Waals surface area contributed by atoms with Crippen molar-refractivity contribution in [3.8, 4) is 0 Å². The van der Waals surface area contributed by atoms with Gasteiger partial charge in [0, 0.05) is 62.0 Å². The lowest BCUT2D eigenvalue weighted by molar-refractivity contribution is -0.136. The Bertz CT molecular complexity index is 1110. The second-order valence-electron chi connectivity index (χ2n) is 8.94. The third-order valence-corrected chi connectivity index (χ3v) is 6.81. The van der Waals surface area contributed by atoms with Crippen LogP contribution in [0.2, 0.25) is 5.02 Å². The van der Waals surface area contributed by atoms with Gasteiger partial charge in [0.1, 0.15) is 11.9 Å². The number of pyridine rings is 1. The predicted molar refractivity (Wildman–Crippen MR) is 124 cm³/mol. The Kier molecular flexibility index (Phi) is 5.80. The molecule has 3 aliphatic heterocycles. The van der Waals surface area contributed by atoms with Gasteiger partial charge in [-0.1, -0.05) is 23.7 Å². The smallest absolute Gasteiger partial charge is 0.255 e. The van der Waals surface area contributed by atoms with E-state index in [2.05, 4.69) is 26.2 Å². The molecule has 1 N–H and O–H groups in total. The minimum Gasteiger partial charge on any atom is -0.354 e. The van der Waals surface area contributed by atoms with Crippen LogP contribution in [0.15, 0.2) is 30.3 Å². The van der Waals surface area contributed by atoms with Gasteiger partial charge in [-0.15, -0.1) is 0 Å². The van der Waals surface area contributed by atoms with E-state index in [4.69, 9.17) is 11.6 Å². The van der Waals surface area contributed by atoms with Crippen LogP contribution in [-0.2, 0) is 22.7 Å². The number of hydrogen-bond acceptors (Lipinski definition) is 6. The molecule has 0 aliphatic carbocycles. The number of amides is 3. The van der Waals surface area contributed by atoms with Crippen molar-refractivity contribution in [3.63, 3.8) is 0 Å². The minimum atomic E-state index is -0.581. The first-order chi connectivity index (χ1) is 15.9. The van der Waals surface area contributed by atoms with Gasteiger partial charge in [0.15, 0.2) is 0 Å². The van der Waals surface area contributed by atoms with Gasteiger partial charge in [-0.3, -0.25) is 24.6 Å². The van der Waals surface area contributed by atoms with E-state index < -0.39 is 6.04 Å². The molecule has 1 unspecified atom stereocenters. The fourth-order valence-corrected chi connectivity index (χ4v) is 5.15. The quantitative estimate of drug-likeness (QED) is 0.693. The van der Waals surface area contributed by atoms with Crippen molar-refractivity contribution in [1.29, 1.82) is 0 Å². The number of halogens is 1. The van der Waals surface area contributed by atoms with E-state index in [0.717, 1.165) is 55.4 Å². The van der Waals surface area contributed by atoms with Crippen LogP contribution in [0.5, 0.6) is 0 Å². The first-order valence-electron chi connectivity index (χ1n) is 11.3. The zero-order valence-electron chi connectivity index (χ0n) is 18.5. The molecule has 1 aromatic heterocycles. The first kappa shape index (κ1) is 21.9. The number of nitrogens with zero attached hydrogens (tertiary/aromatic N) is 4. The average Bonchev–Trinajstić information content (AvgIpc) is 3.09.